The molecule has 0 amide bonds. The number of esters is 1. The Balaban J connectivity index is 2.35. The van der Waals surface area contributed by atoms with Gasteiger partial charge in [0.1, 0.15) is 0 Å². The van der Waals surface area contributed by atoms with Gasteiger partial charge >= 0.3 is 5.97 Å². The summed E-state index contributed by atoms with van der Waals surface area (Å²) in [6.07, 6.45) is 0. The van der Waals surface area contributed by atoms with E-state index in [1.165, 1.54) is 31.4 Å². The first-order chi connectivity index (χ1) is 9.52. The second kappa shape index (κ2) is 5.79. The number of benzene rings is 2. The average molecular weight is 295 g/mol. The van der Waals surface area contributed by atoms with Crippen LogP contribution in [0.5, 0.6) is 0 Å². The molecule has 0 saturated heterocycles. The van der Waals surface area contributed by atoms with Crippen LogP contribution in [0.4, 0.5) is 21.5 Å². The first-order valence-electron chi connectivity index (χ1n) is 5.72. The molecular formula is C14H12ClFN2O2. The number of hydrogen-bond acceptors (Lipinski definition) is 4. The minimum absolute atomic E-state index is 0.0126. The lowest BCUT2D eigenvalue weighted by molar-refractivity contribution is 0.0602. The molecule has 6 heteroatoms. The van der Waals surface area contributed by atoms with Crippen LogP contribution in [-0.4, -0.2) is 13.1 Å². The zero-order valence-electron chi connectivity index (χ0n) is 10.6. The van der Waals surface area contributed by atoms with E-state index >= 15 is 0 Å². The van der Waals surface area contributed by atoms with Gasteiger partial charge in [-0.15, -0.1) is 0 Å². The van der Waals surface area contributed by atoms with Crippen LogP contribution in [0.25, 0.3) is 0 Å². The second-order valence-corrected chi connectivity index (χ2v) is 4.43. The van der Waals surface area contributed by atoms with Gasteiger partial charge in [-0.25, -0.2) is 9.18 Å². The van der Waals surface area contributed by atoms with Gasteiger partial charge in [0.2, 0.25) is 0 Å². The summed E-state index contributed by atoms with van der Waals surface area (Å²) in [5.41, 5.74) is 6.89. The molecule has 2 aromatic carbocycles. The molecule has 20 heavy (non-hydrogen) atoms. The molecule has 0 bridgehead atoms. The Morgan fingerprint density at radius 2 is 2.10 bits per heavy atom. The molecule has 0 aliphatic rings. The Morgan fingerprint density at radius 1 is 1.35 bits per heavy atom. The van der Waals surface area contributed by atoms with Crippen molar-refractivity contribution in [3.05, 3.63) is 52.8 Å². The lowest BCUT2D eigenvalue weighted by Crippen LogP contribution is -2.06. The molecule has 0 spiro atoms. The van der Waals surface area contributed by atoms with E-state index in [0.29, 0.717) is 5.69 Å². The third-order valence-corrected chi connectivity index (χ3v) is 2.98. The van der Waals surface area contributed by atoms with E-state index in [4.69, 9.17) is 17.3 Å². The zero-order chi connectivity index (χ0) is 14.7. The number of carbonyl (C=O) groups is 1. The molecular weight excluding hydrogens is 283 g/mol. The quantitative estimate of drug-likeness (QED) is 0.671. The molecule has 0 saturated carbocycles. The smallest absolute Gasteiger partial charge is 0.340 e. The third kappa shape index (κ3) is 2.83. The number of carbonyl (C=O) groups excluding carboxylic acids is 1. The normalized spacial score (nSPS) is 10.2. The van der Waals surface area contributed by atoms with Crippen molar-refractivity contribution < 1.29 is 13.9 Å². The van der Waals surface area contributed by atoms with Gasteiger partial charge in [0.15, 0.2) is 5.82 Å². The molecule has 2 aromatic rings. The molecule has 0 fully saturated rings. The lowest BCUT2D eigenvalue weighted by Gasteiger charge is -2.11. The number of halogens is 2. The molecule has 0 aromatic heterocycles. The van der Waals surface area contributed by atoms with Crippen LogP contribution in [0.2, 0.25) is 5.02 Å². The number of methoxy groups -OCH3 is 1. The molecule has 104 valence electrons. The third-order valence-electron chi connectivity index (χ3n) is 2.69. The fourth-order valence-corrected chi connectivity index (χ4v) is 1.85. The summed E-state index contributed by atoms with van der Waals surface area (Å²) >= 11 is 5.70. The Hall–Kier alpha value is -2.27. The summed E-state index contributed by atoms with van der Waals surface area (Å²) in [5, 5.41) is 2.85. The van der Waals surface area contributed by atoms with E-state index in [-0.39, 0.29) is 22.0 Å². The average Bonchev–Trinajstić information content (AvgIpc) is 2.45. The summed E-state index contributed by atoms with van der Waals surface area (Å²) in [6.45, 7) is 0. The van der Waals surface area contributed by atoms with E-state index in [9.17, 15) is 9.18 Å². The number of hydrogen-bond donors (Lipinski definition) is 2. The van der Waals surface area contributed by atoms with Gasteiger partial charge in [0.05, 0.1) is 23.4 Å². The van der Waals surface area contributed by atoms with Crippen LogP contribution in [-0.2, 0) is 4.74 Å². The first kappa shape index (κ1) is 14.1. The van der Waals surface area contributed by atoms with Crippen LogP contribution < -0.4 is 11.1 Å². The zero-order valence-corrected chi connectivity index (χ0v) is 11.4. The lowest BCUT2D eigenvalue weighted by atomic mass is 10.1. The Kier molecular flexibility index (Phi) is 4.10. The molecule has 4 nitrogen and oxygen atoms in total. The summed E-state index contributed by atoms with van der Waals surface area (Å²) in [4.78, 5) is 11.5. The van der Waals surface area contributed by atoms with Gasteiger partial charge < -0.3 is 15.8 Å². The molecule has 0 heterocycles. The highest BCUT2D eigenvalue weighted by atomic mass is 35.5. The standard InChI is InChI=1S/C14H12ClFN2O2/c1-20-14(19)9-7-8(5-6-11(9)17)18-12-4-2-3-10(15)13(12)16/h2-7,18H,17H2,1H3. The fourth-order valence-electron chi connectivity index (χ4n) is 1.68. The van der Waals surface area contributed by atoms with Gasteiger partial charge in [0.25, 0.3) is 0 Å². The van der Waals surface area contributed by atoms with Gasteiger partial charge in [-0.1, -0.05) is 17.7 Å². The summed E-state index contributed by atoms with van der Waals surface area (Å²) < 4.78 is 18.4. The van der Waals surface area contributed by atoms with Crippen molar-refractivity contribution in [2.45, 2.75) is 0 Å². The van der Waals surface area contributed by atoms with Gasteiger partial charge in [-0.3, -0.25) is 0 Å². The number of nitrogens with two attached hydrogens (primary N) is 1. The monoisotopic (exact) mass is 294 g/mol. The maximum Gasteiger partial charge on any atom is 0.340 e. The van der Waals surface area contributed by atoms with E-state index in [0.717, 1.165) is 0 Å². The van der Waals surface area contributed by atoms with Crippen molar-refractivity contribution in [1.82, 2.24) is 0 Å². The van der Waals surface area contributed by atoms with Crippen molar-refractivity contribution in [1.29, 1.82) is 0 Å². The summed E-state index contributed by atoms with van der Waals surface area (Å²) in [5.74, 6) is -1.12. The molecule has 0 aliphatic heterocycles. The van der Waals surface area contributed by atoms with Crippen molar-refractivity contribution in [2.75, 3.05) is 18.2 Å². The Bertz CT molecular complexity index is 662. The van der Waals surface area contributed by atoms with Gasteiger partial charge in [0, 0.05) is 11.4 Å². The fraction of sp³-hybridized carbons (Fsp3) is 0.0714. The number of nitrogens with one attached hydrogen (secondary N) is 1. The van der Waals surface area contributed by atoms with Crippen LogP contribution >= 0.6 is 11.6 Å². The molecule has 0 unspecified atom stereocenters. The van der Waals surface area contributed by atoms with E-state index in [2.05, 4.69) is 10.1 Å². The Morgan fingerprint density at radius 3 is 2.80 bits per heavy atom. The van der Waals surface area contributed by atoms with Crippen LogP contribution in [0.1, 0.15) is 10.4 Å². The van der Waals surface area contributed by atoms with Crippen molar-refractivity contribution in [3.8, 4) is 0 Å². The van der Waals surface area contributed by atoms with Crippen LogP contribution in [0.15, 0.2) is 36.4 Å². The largest absolute Gasteiger partial charge is 0.465 e. The molecule has 0 atom stereocenters. The summed E-state index contributed by atoms with van der Waals surface area (Å²) in [6, 6.07) is 9.26. The predicted octanol–water partition coefficient (Wildman–Crippen LogP) is 3.59. The first-order valence-corrected chi connectivity index (χ1v) is 6.09. The number of rotatable bonds is 3. The molecule has 2 rings (SSSR count). The van der Waals surface area contributed by atoms with E-state index in [1.807, 2.05) is 0 Å². The SMILES string of the molecule is COC(=O)c1cc(Nc2cccc(Cl)c2F)ccc1N. The highest BCUT2D eigenvalue weighted by molar-refractivity contribution is 6.31. The molecule has 3 N–H and O–H groups in total. The minimum Gasteiger partial charge on any atom is -0.465 e. The molecule has 0 aliphatic carbocycles. The number of anilines is 3. The Labute approximate surface area is 120 Å². The van der Waals surface area contributed by atoms with Crippen molar-refractivity contribution in [2.24, 2.45) is 0 Å². The van der Waals surface area contributed by atoms with Crippen LogP contribution in [0, 0.1) is 5.82 Å². The van der Waals surface area contributed by atoms with Crippen LogP contribution in [0.3, 0.4) is 0 Å². The van der Waals surface area contributed by atoms with Gasteiger partial charge in [-0.2, -0.15) is 0 Å². The van der Waals surface area contributed by atoms with E-state index in [1.54, 1.807) is 12.1 Å². The van der Waals surface area contributed by atoms with Crippen molar-refractivity contribution >= 4 is 34.6 Å². The van der Waals surface area contributed by atoms with Crippen molar-refractivity contribution in [3.63, 3.8) is 0 Å². The van der Waals surface area contributed by atoms with Gasteiger partial charge in [-0.05, 0) is 30.3 Å². The number of ether oxygens (including phenoxy) is 1. The minimum atomic E-state index is -0.564. The topological polar surface area (TPSA) is 64.3 Å². The second-order valence-electron chi connectivity index (χ2n) is 4.02. The maximum atomic E-state index is 13.8. The highest BCUT2D eigenvalue weighted by Gasteiger charge is 2.12. The predicted molar refractivity (Wildman–Crippen MR) is 76.9 cm³/mol. The maximum absolute atomic E-state index is 13.8. The van der Waals surface area contributed by atoms with E-state index < -0.39 is 11.8 Å². The molecule has 0 radical (unpaired) electrons. The number of nitrogen functional groups attached to an aromatic ring is 1. The summed E-state index contributed by atoms with van der Waals surface area (Å²) in [7, 11) is 1.26. The highest BCUT2D eigenvalue weighted by Crippen LogP contribution is 2.27.